The third-order valence-electron chi connectivity index (χ3n) is 2.26. The van der Waals surface area contributed by atoms with Crippen molar-refractivity contribution in [2.75, 3.05) is 17.6 Å². The van der Waals surface area contributed by atoms with Crippen LogP contribution >= 0.6 is 0 Å². The Balaban J connectivity index is 1.87. The van der Waals surface area contributed by atoms with Gasteiger partial charge in [-0.15, -0.1) is 10.2 Å². The fourth-order valence-electron chi connectivity index (χ4n) is 1.41. The van der Waals surface area contributed by atoms with E-state index >= 15 is 0 Å². The molecule has 16 heavy (non-hydrogen) atoms. The number of anilines is 2. The molecule has 0 saturated carbocycles. The maximum Gasteiger partial charge on any atom is 0.134 e. The van der Waals surface area contributed by atoms with Crippen LogP contribution in [0.15, 0.2) is 24.7 Å². The molecule has 0 amide bonds. The molecule has 0 aromatic carbocycles. The highest BCUT2D eigenvalue weighted by Gasteiger charge is 2.00. The predicted molar refractivity (Wildman–Crippen MR) is 61.8 cm³/mol. The van der Waals surface area contributed by atoms with Crippen LogP contribution in [0.25, 0.3) is 0 Å². The second kappa shape index (κ2) is 4.61. The van der Waals surface area contributed by atoms with Gasteiger partial charge in [0.05, 0.1) is 0 Å². The molecule has 0 aliphatic rings. The van der Waals surface area contributed by atoms with Crippen molar-refractivity contribution in [2.45, 2.75) is 6.42 Å². The minimum absolute atomic E-state index is 0.517. The standard InChI is InChI=1S/C10H14N6/c1-16-7-14-15-10(16)3-5-12-8-2-4-13-9(11)6-8/h2,4,6-7H,3,5H2,1H3,(H3,11,12,13). The van der Waals surface area contributed by atoms with Gasteiger partial charge >= 0.3 is 0 Å². The van der Waals surface area contributed by atoms with E-state index in [4.69, 9.17) is 5.73 Å². The molecule has 0 bridgehead atoms. The van der Waals surface area contributed by atoms with Gasteiger partial charge in [-0.2, -0.15) is 0 Å². The Morgan fingerprint density at radius 3 is 3.06 bits per heavy atom. The summed E-state index contributed by atoms with van der Waals surface area (Å²) in [5, 5.41) is 11.1. The van der Waals surface area contributed by atoms with Gasteiger partial charge in [-0.1, -0.05) is 0 Å². The topological polar surface area (TPSA) is 81.7 Å². The van der Waals surface area contributed by atoms with Gasteiger partial charge in [-0.05, 0) is 6.07 Å². The van der Waals surface area contributed by atoms with E-state index < -0.39 is 0 Å². The SMILES string of the molecule is Cn1cnnc1CCNc1ccnc(N)c1. The molecular weight excluding hydrogens is 204 g/mol. The van der Waals surface area contributed by atoms with Crippen molar-refractivity contribution >= 4 is 11.5 Å². The molecule has 84 valence electrons. The summed E-state index contributed by atoms with van der Waals surface area (Å²) in [6.45, 7) is 0.788. The lowest BCUT2D eigenvalue weighted by Gasteiger charge is -2.05. The van der Waals surface area contributed by atoms with E-state index in [9.17, 15) is 0 Å². The molecule has 2 aromatic rings. The van der Waals surface area contributed by atoms with Gasteiger partial charge in [-0.25, -0.2) is 4.98 Å². The zero-order valence-electron chi connectivity index (χ0n) is 9.09. The van der Waals surface area contributed by atoms with Crippen LogP contribution < -0.4 is 11.1 Å². The summed E-state index contributed by atoms with van der Waals surface area (Å²) in [6, 6.07) is 3.68. The molecule has 0 aliphatic carbocycles. The number of hydrogen-bond acceptors (Lipinski definition) is 5. The number of aromatic nitrogens is 4. The van der Waals surface area contributed by atoms with Crippen LogP contribution in [0.5, 0.6) is 0 Å². The molecule has 6 nitrogen and oxygen atoms in total. The summed E-state index contributed by atoms with van der Waals surface area (Å²) in [7, 11) is 1.93. The van der Waals surface area contributed by atoms with E-state index in [1.807, 2.05) is 17.7 Å². The van der Waals surface area contributed by atoms with Gasteiger partial charge in [0.15, 0.2) is 0 Å². The molecule has 6 heteroatoms. The number of rotatable bonds is 4. The van der Waals surface area contributed by atoms with Crippen LogP contribution in [0.4, 0.5) is 11.5 Å². The van der Waals surface area contributed by atoms with Gasteiger partial charge in [0.1, 0.15) is 18.0 Å². The first-order valence-corrected chi connectivity index (χ1v) is 5.04. The predicted octanol–water partition coefficient (Wildman–Crippen LogP) is 0.447. The summed E-state index contributed by atoms with van der Waals surface area (Å²) in [5.41, 5.74) is 6.54. The van der Waals surface area contributed by atoms with E-state index in [0.717, 1.165) is 24.5 Å². The second-order valence-electron chi connectivity index (χ2n) is 3.50. The maximum absolute atomic E-state index is 5.57. The van der Waals surface area contributed by atoms with Crippen molar-refractivity contribution in [2.24, 2.45) is 7.05 Å². The summed E-state index contributed by atoms with van der Waals surface area (Å²) >= 11 is 0. The smallest absolute Gasteiger partial charge is 0.134 e. The Morgan fingerprint density at radius 1 is 1.50 bits per heavy atom. The van der Waals surface area contributed by atoms with Gasteiger partial charge in [0.25, 0.3) is 0 Å². The molecule has 0 radical (unpaired) electrons. The summed E-state index contributed by atoms with van der Waals surface area (Å²) in [4.78, 5) is 3.92. The zero-order valence-corrected chi connectivity index (χ0v) is 9.09. The molecule has 2 rings (SSSR count). The van der Waals surface area contributed by atoms with Gasteiger partial charge in [0.2, 0.25) is 0 Å². The normalized spacial score (nSPS) is 10.3. The fraction of sp³-hybridized carbons (Fsp3) is 0.300. The molecule has 0 unspecified atom stereocenters. The minimum Gasteiger partial charge on any atom is -0.384 e. The van der Waals surface area contributed by atoms with E-state index in [2.05, 4.69) is 20.5 Å². The van der Waals surface area contributed by atoms with Crippen molar-refractivity contribution < 1.29 is 0 Å². The maximum atomic E-state index is 5.57. The monoisotopic (exact) mass is 218 g/mol. The number of nitrogens with zero attached hydrogens (tertiary/aromatic N) is 4. The van der Waals surface area contributed by atoms with Crippen molar-refractivity contribution in [3.05, 3.63) is 30.5 Å². The van der Waals surface area contributed by atoms with Crippen molar-refractivity contribution in [1.29, 1.82) is 0 Å². The summed E-state index contributed by atoms with van der Waals surface area (Å²) in [6.07, 6.45) is 4.19. The number of hydrogen-bond donors (Lipinski definition) is 2. The Kier molecular flexibility index (Phi) is 3.00. The highest BCUT2D eigenvalue weighted by molar-refractivity contribution is 5.49. The van der Waals surface area contributed by atoms with Crippen LogP contribution in [0.3, 0.4) is 0 Å². The number of nitrogen functional groups attached to an aromatic ring is 1. The highest BCUT2D eigenvalue weighted by atomic mass is 15.2. The van der Waals surface area contributed by atoms with E-state index in [-0.39, 0.29) is 0 Å². The first-order valence-electron chi connectivity index (χ1n) is 5.04. The first kappa shape index (κ1) is 10.4. The average molecular weight is 218 g/mol. The van der Waals surface area contributed by atoms with Crippen LogP contribution in [-0.4, -0.2) is 26.3 Å². The van der Waals surface area contributed by atoms with Crippen molar-refractivity contribution in [3.63, 3.8) is 0 Å². The van der Waals surface area contributed by atoms with Crippen LogP contribution in [0, 0.1) is 0 Å². The van der Waals surface area contributed by atoms with E-state index in [1.54, 1.807) is 18.6 Å². The summed E-state index contributed by atoms with van der Waals surface area (Å²) < 4.78 is 1.91. The molecule has 0 aliphatic heterocycles. The average Bonchev–Trinajstić information content (AvgIpc) is 2.65. The fourth-order valence-corrected chi connectivity index (χ4v) is 1.41. The molecule has 0 fully saturated rings. The highest BCUT2D eigenvalue weighted by Crippen LogP contribution is 2.08. The molecule has 0 saturated heterocycles. The molecule has 0 spiro atoms. The van der Waals surface area contributed by atoms with Crippen molar-refractivity contribution in [1.82, 2.24) is 19.7 Å². The van der Waals surface area contributed by atoms with E-state index in [0.29, 0.717) is 5.82 Å². The van der Waals surface area contributed by atoms with Gasteiger partial charge < -0.3 is 15.6 Å². The lowest BCUT2D eigenvalue weighted by molar-refractivity contribution is 0.788. The third-order valence-corrected chi connectivity index (χ3v) is 2.26. The van der Waals surface area contributed by atoms with Gasteiger partial charge in [-0.3, -0.25) is 0 Å². The van der Waals surface area contributed by atoms with Crippen LogP contribution in [0.2, 0.25) is 0 Å². The minimum atomic E-state index is 0.517. The van der Waals surface area contributed by atoms with Crippen molar-refractivity contribution in [3.8, 4) is 0 Å². The quantitative estimate of drug-likeness (QED) is 0.778. The third kappa shape index (κ3) is 2.47. The number of pyridine rings is 1. The van der Waals surface area contributed by atoms with Crippen LogP contribution in [-0.2, 0) is 13.5 Å². The lowest BCUT2D eigenvalue weighted by Crippen LogP contribution is -2.08. The zero-order chi connectivity index (χ0) is 11.4. The van der Waals surface area contributed by atoms with Crippen LogP contribution in [0.1, 0.15) is 5.82 Å². The summed E-state index contributed by atoms with van der Waals surface area (Å²) in [5.74, 6) is 1.47. The first-order chi connectivity index (χ1) is 7.75. The largest absolute Gasteiger partial charge is 0.384 e. The Hall–Kier alpha value is -2.11. The molecule has 3 N–H and O–H groups in total. The van der Waals surface area contributed by atoms with E-state index in [1.165, 1.54) is 0 Å². The molecule has 2 heterocycles. The Labute approximate surface area is 93.5 Å². The number of aryl methyl sites for hydroxylation is 1. The number of nitrogens with two attached hydrogens (primary N) is 1. The molecular formula is C10H14N6. The Morgan fingerprint density at radius 2 is 2.38 bits per heavy atom. The Bertz CT molecular complexity index is 464. The lowest BCUT2D eigenvalue weighted by atomic mass is 10.3. The van der Waals surface area contributed by atoms with Gasteiger partial charge in [0, 0.05) is 38.0 Å². The molecule has 2 aromatic heterocycles. The molecule has 0 atom stereocenters. The number of nitrogens with one attached hydrogen (secondary N) is 1. The second-order valence-corrected chi connectivity index (χ2v) is 3.50.